The Morgan fingerprint density at radius 2 is 2.25 bits per heavy atom. The lowest BCUT2D eigenvalue weighted by molar-refractivity contribution is 0.797. The van der Waals surface area contributed by atoms with Crippen LogP contribution in [0, 0.1) is 0 Å². The van der Waals surface area contributed by atoms with Crippen molar-refractivity contribution >= 4 is 35.8 Å². The van der Waals surface area contributed by atoms with Crippen molar-refractivity contribution in [1.29, 1.82) is 0 Å². The van der Waals surface area contributed by atoms with E-state index in [9.17, 15) is 0 Å². The van der Waals surface area contributed by atoms with Crippen LogP contribution in [0.5, 0.6) is 0 Å². The van der Waals surface area contributed by atoms with Gasteiger partial charge in [0.25, 0.3) is 0 Å². The van der Waals surface area contributed by atoms with Crippen molar-refractivity contribution in [1.82, 2.24) is 9.78 Å². The van der Waals surface area contributed by atoms with Crippen molar-refractivity contribution < 1.29 is 0 Å². The number of aryl methyl sites for hydroxylation is 1. The zero-order chi connectivity index (χ0) is 8.72. The molecule has 12 heavy (non-hydrogen) atoms. The molecule has 0 aliphatic carbocycles. The van der Waals surface area contributed by atoms with Crippen LogP contribution in [0.1, 0.15) is 0 Å². The van der Waals surface area contributed by atoms with Crippen molar-refractivity contribution in [2.45, 2.75) is 0 Å². The van der Waals surface area contributed by atoms with Crippen LogP contribution in [0.4, 0.5) is 0 Å². The number of benzene rings is 1. The monoisotopic (exact) mass is 176 g/mol. The van der Waals surface area contributed by atoms with Gasteiger partial charge in [0.2, 0.25) is 0 Å². The Kier molecular flexibility index (Phi) is 1.62. The molecule has 58 valence electrons. The van der Waals surface area contributed by atoms with E-state index >= 15 is 0 Å². The first-order valence-corrected chi connectivity index (χ1v) is 3.93. The third kappa shape index (κ3) is 0.933. The first-order valence-electron chi connectivity index (χ1n) is 3.56. The maximum absolute atomic E-state index is 5.99. The molecule has 0 atom stereocenters. The fraction of sp³-hybridized carbons (Fsp3) is 0.125. The Balaban J connectivity index is 2.96. The summed E-state index contributed by atoms with van der Waals surface area (Å²) in [5, 5.41) is 5.66. The average molecular weight is 176 g/mol. The van der Waals surface area contributed by atoms with E-state index in [0.717, 1.165) is 10.9 Å². The molecule has 2 radical (unpaired) electrons. The van der Waals surface area contributed by atoms with Gasteiger partial charge in [0.05, 0.1) is 16.7 Å². The van der Waals surface area contributed by atoms with Gasteiger partial charge in [-0.25, -0.2) is 0 Å². The summed E-state index contributed by atoms with van der Waals surface area (Å²) in [6.45, 7) is 0. The molecule has 0 aliphatic rings. The van der Waals surface area contributed by atoms with E-state index in [1.165, 1.54) is 0 Å². The fourth-order valence-corrected chi connectivity index (χ4v) is 1.53. The molecule has 0 amide bonds. The van der Waals surface area contributed by atoms with Crippen molar-refractivity contribution in [3.05, 3.63) is 23.4 Å². The molecular formula is C8H6BClN2. The van der Waals surface area contributed by atoms with Crippen LogP contribution >= 0.6 is 11.6 Å². The first kappa shape index (κ1) is 7.68. The number of aromatic nitrogens is 2. The summed E-state index contributed by atoms with van der Waals surface area (Å²) in [7, 11) is 7.48. The van der Waals surface area contributed by atoms with Crippen LogP contribution in [-0.4, -0.2) is 17.6 Å². The number of rotatable bonds is 0. The smallest absolute Gasteiger partial charge is 0.116 e. The van der Waals surface area contributed by atoms with Gasteiger partial charge >= 0.3 is 0 Å². The highest BCUT2D eigenvalue weighted by Gasteiger charge is 2.05. The number of nitrogens with zero attached hydrogens (tertiary/aromatic N) is 2. The lowest BCUT2D eigenvalue weighted by Gasteiger charge is -2.00. The first-order chi connectivity index (χ1) is 5.70. The highest BCUT2D eigenvalue weighted by atomic mass is 35.5. The van der Waals surface area contributed by atoms with Crippen LogP contribution in [0.2, 0.25) is 5.02 Å². The predicted molar refractivity (Wildman–Crippen MR) is 51.1 cm³/mol. The molecule has 0 unspecified atom stereocenters. The minimum absolute atomic E-state index is 0.576. The van der Waals surface area contributed by atoms with E-state index in [-0.39, 0.29) is 0 Å². The van der Waals surface area contributed by atoms with Gasteiger partial charge in [-0.15, -0.1) is 0 Å². The van der Waals surface area contributed by atoms with Gasteiger partial charge in [0.1, 0.15) is 7.85 Å². The van der Waals surface area contributed by atoms with Gasteiger partial charge in [0.15, 0.2) is 0 Å². The molecule has 0 N–H and O–H groups in total. The van der Waals surface area contributed by atoms with Crippen LogP contribution in [0.3, 0.4) is 0 Å². The summed E-state index contributed by atoms with van der Waals surface area (Å²) in [6.07, 6.45) is 1.76. The summed E-state index contributed by atoms with van der Waals surface area (Å²) in [4.78, 5) is 0. The minimum Gasteiger partial charge on any atom is -0.266 e. The van der Waals surface area contributed by atoms with E-state index in [1.807, 2.05) is 13.1 Å². The molecule has 0 bridgehead atoms. The Morgan fingerprint density at radius 1 is 1.50 bits per heavy atom. The average Bonchev–Trinajstić information content (AvgIpc) is 2.41. The molecule has 1 aromatic carbocycles. The maximum atomic E-state index is 5.99. The van der Waals surface area contributed by atoms with Gasteiger partial charge in [0, 0.05) is 12.4 Å². The molecule has 1 heterocycles. The molecule has 0 spiro atoms. The second-order valence-corrected chi connectivity index (χ2v) is 3.05. The number of hydrogen-bond donors (Lipinski definition) is 0. The van der Waals surface area contributed by atoms with E-state index in [4.69, 9.17) is 19.4 Å². The summed E-state index contributed by atoms with van der Waals surface area (Å²) >= 11 is 5.99. The quantitative estimate of drug-likeness (QED) is 0.548. The molecule has 0 fully saturated rings. The minimum atomic E-state index is 0.576. The SMILES string of the molecule is [B]c1ccc2cnn(C)c2c1Cl. The Hall–Kier alpha value is -0.955. The lowest BCUT2D eigenvalue weighted by atomic mass is 9.95. The zero-order valence-corrected chi connectivity index (χ0v) is 7.34. The normalized spacial score (nSPS) is 10.8. The van der Waals surface area contributed by atoms with E-state index < -0.39 is 0 Å². The highest BCUT2D eigenvalue weighted by molar-refractivity contribution is 6.48. The van der Waals surface area contributed by atoms with Crippen LogP contribution in [0.15, 0.2) is 18.3 Å². The van der Waals surface area contributed by atoms with Crippen molar-refractivity contribution in [3.63, 3.8) is 0 Å². The molecule has 2 nitrogen and oxygen atoms in total. The zero-order valence-electron chi connectivity index (χ0n) is 6.58. The molecule has 0 saturated carbocycles. The van der Waals surface area contributed by atoms with Crippen molar-refractivity contribution in [2.24, 2.45) is 7.05 Å². The second-order valence-electron chi connectivity index (χ2n) is 2.67. The van der Waals surface area contributed by atoms with Gasteiger partial charge in [-0.2, -0.15) is 5.10 Å². The van der Waals surface area contributed by atoms with Gasteiger partial charge < -0.3 is 0 Å². The summed E-state index contributed by atoms with van der Waals surface area (Å²) < 4.78 is 1.72. The maximum Gasteiger partial charge on any atom is 0.116 e. The molecule has 2 rings (SSSR count). The van der Waals surface area contributed by atoms with Crippen molar-refractivity contribution in [2.75, 3.05) is 0 Å². The van der Waals surface area contributed by atoms with Gasteiger partial charge in [-0.05, 0) is 0 Å². The van der Waals surface area contributed by atoms with Crippen LogP contribution in [-0.2, 0) is 7.05 Å². The Morgan fingerprint density at radius 3 is 3.00 bits per heavy atom. The molecular weight excluding hydrogens is 170 g/mol. The highest BCUT2D eigenvalue weighted by Crippen LogP contribution is 2.19. The second kappa shape index (κ2) is 2.52. The molecule has 1 aromatic heterocycles. The van der Waals surface area contributed by atoms with E-state index in [0.29, 0.717) is 10.5 Å². The Bertz CT molecular complexity index is 436. The molecule has 0 aliphatic heterocycles. The topological polar surface area (TPSA) is 17.8 Å². The standard InChI is InChI=1S/C8H6BClN2/c1-12-8-5(4-11-12)2-3-6(9)7(8)10/h2-4H,1H3. The van der Waals surface area contributed by atoms with E-state index in [1.54, 1.807) is 16.9 Å². The van der Waals surface area contributed by atoms with Gasteiger partial charge in [-0.3, -0.25) is 4.68 Å². The molecule has 2 aromatic rings. The molecule has 0 saturated heterocycles. The lowest BCUT2D eigenvalue weighted by Crippen LogP contribution is -2.04. The fourth-order valence-electron chi connectivity index (χ4n) is 1.23. The number of hydrogen-bond acceptors (Lipinski definition) is 1. The largest absolute Gasteiger partial charge is 0.266 e. The summed E-state index contributed by atoms with van der Waals surface area (Å²) in [5.74, 6) is 0. The van der Waals surface area contributed by atoms with Crippen LogP contribution < -0.4 is 5.46 Å². The number of fused-ring (bicyclic) bond motifs is 1. The van der Waals surface area contributed by atoms with Gasteiger partial charge in [-0.1, -0.05) is 29.2 Å². The predicted octanol–water partition coefficient (Wildman–Crippen LogP) is 1.02. The van der Waals surface area contributed by atoms with Crippen LogP contribution in [0.25, 0.3) is 10.9 Å². The third-order valence-electron chi connectivity index (χ3n) is 1.87. The summed E-state index contributed by atoms with van der Waals surface area (Å²) in [5.41, 5.74) is 1.48. The van der Waals surface area contributed by atoms with Crippen molar-refractivity contribution in [3.8, 4) is 0 Å². The van der Waals surface area contributed by atoms with E-state index in [2.05, 4.69) is 5.10 Å². The number of halogens is 1. The Labute approximate surface area is 76.5 Å². The summed E-state index contributed by atoms with van der Waals surface area (Å²) in [6, 6.07) is 3.69. The molecule has 4 heteroatoms. The third-order valence-corrected chi connectivity index (χ3v) is 2.27.